The standard InChI is InChI=1S/C9H13N3O2S/c1-6-5-15-8(10-6)11-9(14)12-3-2-7(13)4-12/h5,7,13H,2-4H2,1H3,(H,10,11,14)/t7-/m1/s1. The molecule has 0 unspecified atom stereocenters. The summed E-state index contributed by atoms with van der Waals surface area (Å²) in [6.45, 7) is 2.90. The average Bonchev–Trinajstić information content (AvgIpc) is 2.75. The Hall–Kier alpha value is -1.14. The predicted molar refractivity (Wildman–Crippen MR) is 58.1 cm³/mol. The molecule has 1 atom stereocenters. The van der Waals surface area contributed by atoms with E-state index < -0.39 is 0 Å². The molecule has 0 aromatic carbocycles. The van der Waals surface area contributed by atoms with E-state index >= 15 is 0 Å². The van der Waals surface area contributed by atoms with E-state index in [-0.39, 0.29) is 12.1 Å². The van der Waals surface area contributed by atoms with Gasteiger partial charge in [0.15, 0.2) is 5.13 Å². The zero-order chi connectivity index (χ0) is 10.8. The first-order chi connectivity index (χ1) is 7.15. The minimum atomic E-state index is -0.381. The second kappa shape index (κ2) is 4.16. The fourth-order valence-corrected chi connectivity index (χ4v) is 2.19. The molecule has 6 heteroatoms. The topological polar surface area (TPSA) is 65.5 Å². The van der Waals surface area contributed by atoms with Gasteiger partial charge in [0.05, 0.1) is 11.8 Å². The monoisotopic (exact) mass is 227 g/mol. The van der Waals surface area contributed by atoms with Crippen molar-refractivity contribution in [3.05, 3.63) is 11.1 Å². The molecule has 82 valence electrons. The van der Waals surface area contributed by atoms with Gasteiger partial charge in [-0.05, 0) is 13.3 Å². The molecule has 0 saturated carbocycles. The largest absolute Gasteiger partial charge is 0.391 e. The number of aliphatic hydroxyl groups excluding tert-OH is 1. The lowest BCUT2D eigenvalue weighted by molar-refractivity contribution is 0.176. The first kappa shape index (κ1) is 10.4. The number of rotatable bonds is 1. The number of hydrogen-bond donors (Lipinski definition) is 2. The van der Waals surface area contributed by atoms with Gasteiger partial charge in [-0.1, -0.05) is 0 Å². The van der Waals surface area contributed by atoms with Gasteiger partial charge in [-0.2, -0.15) is 0 Å². The van der Waals surface area contributed by atoms with E-state index in [0.717, 1.165) is 5.69 Å². The Morgan fingerprint density at radius 2 is 2.60 bits per heavy atom. The Morgan fingerprint density at radius 1 is 1.80 bits per heavy atom. The molecule has 0 spiro atoms. The molecule has 15 heavy (non-hydrogen) atoms. The van der Waals surface area contributed by atoms with Gasteiger partial charge >= 0.3 is 6.03 Å². The van der Waals surface area contributed by atoms with Crippen LogP contribution in [0.3, 0.4) is 0 Å². The normalized spacial score (nSPS) is 20.7. The molecule has 2 amide bonds. The van der Waals surface area contributed by atoms with Crippen LogP contribution >= 0.6 is 11.3 Å². The summed E-state index contributed by atoms with van der Waals surface area (Å²) in [4.78, 5) is 17.4. The number of aliphatic hydroxyl groups is 1. The number of aryl methyl sites for hydroxylation is 1. The zero-order valence-corrected chi connectivity index (χ0v) is 9.25. The summed E-state index contributed by atoms with van der Waals surface area (Å²) < 4.78 is 0. The van der Waals surface area contributed by atoms with Crippen LogP contribution in [-0.4, -0.2) is 40.2 Å². The Kier molecular flexibility index (Phi) is 2.88. The van der Waals surface area contributed by atoms with Gasteiger partial charge in [0, 0.05) is 18.5 Å². The summed E-state index contributed by atoms with van der Waals surface area (Å²) in [5.74, 6) is 0. The van der Waals surface area contributed by atoms with Crippen molar-refractivity contribution >= 4 is 22.5 Å². The van der Waals surface area contributed by atoms with Crippen molar-refractivity contribution in [2.75, 3.05) is 18.4 Å². The molecule has 1 aliphatic rings. The summed E-state index contributed by atoms with van der Waals surface area (Å²) >= 11 is 1.41. The van der Waals surface area contributed by atoms with Gasteiger partial charge in [0.25, 0.3) is 0 Å². The highest BCUT2D eigenvalue weighted by atomic mass is 32.1. The predicted octanol–water partition coefficient (Wildman–Crippen LogP) is 1.05. The number of nitrogens with one attached hydrogen (secondary N) is 1. The number of carbonyl (C=O) groups excluding carboxylic acids is 1. The van der Waals surface area contributed by atoms with E-state index in [1.54, 1.807) is 4.90 Å². The first-order valence-electron chi connectivity index (χ1n) is 4.81. The van der Waals surface area contributed by atoms with Crippen LogP contribution < -0.4 is 5.32 Å². The molecule has 1 aliphatic heterocycles. The number of thiazole rings is 1. The lowest BCUT2D eigenvalue weighted by Crippen LogP contribution is -2.33. The minimum absolute atomic E-state index is 0.180. The van der Waals surface area contributed by atoms with Crippen molar-refractivity contribution in [3.8, 4) is 0 Å². The highest BCUT2D eigenvalue weighted by molar-refractivity contribution is 7.13. The first-order valence-corrected chi connectivity index (χ1v) is 5.69. The molecule has 2 heterocycles. The van der Waals surface area contributed by atoms with Crippen molar-refractivity contribution < 1.29 is 9.90 Å². The van der Waals surface area contributed by atoms with E-state index in [4.69, 9.17) is 0 Å². The number of aromatic nitrogens is 1. The minimum Gasteiger partial charge on any atom is -0.391 e. The summed E-state index contributed by atoms with van der Waals surface area (Å²) in [6, 6.07) is -0.180. The van der Waals surface area contributed by atoms with Gasteiger partial charge < -0.3 is 10.0 Å². The van der Waals surface area contributed by atoms with Gasteiger partial charge in [-0.3, -0.25) is 5.32 Å². The number of anilines is 1. The van der Waals surface area contributed by atoms with Crippen LogP contribution in [0.5, 0.6) is 0 Å². The molecular weight excluding hydrogens is 214 g/mol. The highest BCUT2D eigenvalue weighted by Crippen LogP contribution is 2.16. The Bertz CT molecular complexity index is 366. The Labute approximate surface area is 91.7 Å². The molecule has 1 saturated heterocycles. The maximum absolute atomic E-state index is 11.6. The van der Waals surface area contributed by atoms with Crippen LogP contribution in [0.2, 0.25) is 0 Å². The van der Waals surface area contributed by atoms with Gasteiger partial charge in [-0.25, -0.2) is 9.78 Å². The SMILES string of the molecule is Cc1csc(NC(=O)N2CC[C@@H](O)C2)n1. The maximum atomic E-state index is 11.6. The fourth-order valence-electron chi connectivity index (χ4n) is 1.51. The van der Waals surface area contributed by atoms with Crippen molar-refractivity contribution in [3.63, 3.8) is 0 Å². The Morgan fingerprint density at radius 3 is 3.13 bits per heavy atom. The molecule has 0 bridgehead atoms. The van der Waals surface area contributed by atoms with Gasteiger partial charge in [0.1, 0.15) is 0 Å². The second-order valence-corrected chi connectivity index (χ2v) is 4.47. The third-order valence-electron chi connectivity index (χ3n) is 2.28. The third kappa shape index (κ3) is 2.45. The maximum Gasteiger partial charge on any atom is 0.323 e. The lowest BCUT2D eigenvalue weighted by atomic mass is 10.3. The van der Waals surface area contributed by atoms with Crippen LogP contribution in [0.1, 0.15) is 12.1 Å². The quantitative estimate of drug-likeness (QED) is 0.753. The Balaban J connectivity index is 1.92. The van der Waals surface area contributed by atoms with Gasteiger partial charge in [-0.15, -0.1) is 11.3 Å². The summed E-state index contributed by atoms with van der Waals surface area (Å²) in [5.41, 5.74) is 0.900. The van der Waals surface area contributed by atoms with Crippen LogP contribution in [-0.2, 0) is 0 Å². The summed E-state index contributed by atoms with van der Waals surface area (Å²) in [7, 11) is 0. The molecule has 2 N–H and O–H groups in total. The molecule has 5 nitrogen and oxygen atoms in total. The van der Waals surface area contributed by atoms with Crippen molar-refractivity contribution in [1.29, 1.82) is 0 Å². The molecule has 1 aromatic heterocycles. The number of carbonyl (C=O) groups is 1. The average molecular weight is 227 g/mol. The van der Waals surface area contributed by atoms with Crippen molar-refractivity contribution in [2.45, 2.75) is 19.4 Å². The number of likely N-dealkylation sites (tertiary alicyclic amines) is 1. The number of urea groups is 1. The fraction of sp³-hybridized carbons (Fsp3) is 0.556. The van der Waals surface area contributed by atoms with Crippen LogP contribution in [0.25, 0.3) is 0 Å². The molecule has 1 aromatic rings. The van der Waals surface area contributed by atoms with Crippen molar-refractivity contribution in [2.24, 2.45) is 0 Å². The molecule has 0 radical (unpaired) electrons. The summed E-state index contributed by atoms with van der Waals surface area (Å²) in [5, 5.41) is 14.5. The smallest absolute Gasteiger partial charge is 0.323 e. The number of amides is 2. The van der Waals surface area contributed by atoms with E-state index in [0.29, 0.717) is 24.6 Å². The molecular formula is C9H13N3O2S. The summed E-state index contributed by atoms with van der Waals surface area (Å²) in [6.07, 6.45) is 0.276. The van der Waals surface area contributed by atoms with Crippen LogP contribution in [0.15, 0.2) is 5.38 Å². The number of nitrogens with zero attached hydrogens (tertiary/aromatic N) is 2. The van der Waals surface area contributed by atoms with Crippen LogP contribution in [0, 0.1) is 6.92 Å². The molecule has 1 fully saturated rings. The lowest BCUT2D eigenvalue weighted by Gasteiger charge is -2.14. The van der Waals surface area contributed by atoms with Gasteiger partial charge in [0.2, 0.25) is 0 Å². The molecule has 0 aliphatic carbocycles. The highest BCUT2D eigenvalue weighted by Gasteiger charge is 2.24. The second-order valence-electron chi connectivity index (χ2n) is 3.61. The van der Waals surface area contributed by atoms with E-state index in [9.17, 15) is 9.90 Å². The van der Waals surface area contributed by atoms with E-state index in [1.165, 1.54) is 11.3 Å². The molecule has 2 rings (SSSR count). The van der Waals surface area contributed by atoms with E-state index in [2.05, 4.69) is 10.3 Å². The number of β-amino-alcohol motifs (C(OH)–C–C–N with tert-alkyl or cyclic N) is 1. The van der Waals surface area contributed by atoms with Crippen LogP contribution in [0.4, 0.5) is 9.93 Å². The van der Waals surface area contributed by atoms with Crippen molar-refractivity contribution in [1.82, 2.24) is 9.88 Å². The zero-order valence-electron chi connectivity index (χ0n) is 8.43. The number of hydrogen-bond acceptors (Lipinski definition) is 4. The third-order valence-corrected chi connectivity index (χ3v) is 3.16. The van der Waals surface area contributed by atoms with E-state index in [1.807, 2.05) is 12.3 Å².